The Morgan fingerprint density at radius 2 is 1.87 bits per heavy atom. The maximum Gasteiger partial charge on any atom is 0.408 e. The van der Waals surface area contributed by atoms with Crippen molar-refractivity contribution >= 4 is 6.09 Å². The Morgan fingerprint density at radius 3 is 2.61 bits per heavy atom. The number of nitrogens with one attached hydrogen (secondary N) is 1. The van der Waals surface area contributed by atoms with Crippen LogP contribution in [-0.2, 0) is 5.54 Å². The molecule has 0 aromatic heterocycles. The molecule has 0 aliphatic carbocycles. The van der Waals surface area contributed by atoms with Gasteiger partial charge < -0.3 is 15.2 Å². The predicted molar refractivity (Wildman–Crippen MR) is 87.9 cm³/mol. The van der Waals surface area contributed by atoms with Crippen LogP contribution in [-0.4, -0.2) is 35.7 Å². The SMILES string of the molecule is CC1(c2ccccc2Oc2ccccc2)CNCCN1C(=O)O. The Labute approximate surface area is 135 Å². The van der Waals surface area contributed by atoms with Gasteiger partial charge in [0, 0.05) is 25.2 Å². The van der Waals surface area contributed by atoms with Gasteiger partial charge in [-0.15, -0.1) is 0 Å². The first-order valence-corrected chi connectivity index (χ1v) is 7.65. The van der Waals surface area contributed by atoms with Gasteiger partial charge in [0.15, 0.2) is 0 Å². The summed E-state index contributed by atoms with van der Waals surface area (Å²) in [6.45, 7) is 3.59. The van der Waals surface area contributed by atoms with Crippen molar-refractivity contribution < 1.29 is 14.6 Å². The molecule has 1 fully saturated rings. The molecule has 5 heteroatoms. The van der Waals surface area contributed by atoms with Crippen LogP contribution in [0, 0.1) is 0 Å². The number of carboxylic acid groups (broad SMARTS) is 1. The number of benzene rings is 2. The quantitative estimate of drug-likeness (QED) is 0.913. The van der Waals surface area contributed by atoms with Crippen LogP contribution in [0.3, 0.4) is 0 Å². The van der Waals surface area contributed by atoms with Crippen LogP contribution >= 0.6 is 0 Å². The summed E-state index contributed by atoms with van der Waals surface area (Å²) < 4.78 is 6.01. The fourth-order valence-electron chi connectivity index (χ4n) is 3.03. The molecule has 0 spiro atoms. The number of hydrogen-bond acceptors (Lipinski definition) is 3. The Bertz CT molecular complexity index is 690. The van der Waals surface area contributed by atoms with E-state index >= 15 is 0 Å². The smallest absolute Gasteiger partial charge is 0.408 e. The summed E-state index contributed by atoms with van der Waals surface area (Å²) in [5.74, 6) is 1.41. The van der Waals surface area contributed by atoms with Gasteiger partial charge in [-0.05, 0) is 25.1 Å². The zero-order valence-corrected chi connectivity index (χ0v) is 13.0. The molecule has 1 aliphatic heterocycles. The molecular weight excluding hydrogens is 292 g/mol. The number of rotatable bonds is 3. The Balaban J connectivity index is 2.00. The molecule has 1 atom stereocenters. The summed E-state index contributed by atoms with van der Waals surface area (Å²) in [5.41, 5.74) is 0.189. The molecule has 2 aromatic carbocycles. The van der Waals surface area contributed by atoms with E-state index in [-0.39, 0.29) is 0 Å². The minimum Gasteiger partial charge on any atom is -0.465 e. The van der Waals surface area contributed by atoms with Crippen LogP contribution in [0.4, 0.5) is 4.79 Å². The Morgan fingerprint density at radius 1 is 1.17 bits per heavy atom. The average molecular weight is 312 g/mol. The summed E-state index contributed by atoms with van der Waals surface area (Å²) in [6, 6.07) is 17.1. The third-order valence-corrected chi connectivity index (χ3v) is 4.25. The lowest BCUT2D eigenvalue weighted by Crippen LogP contribution is -2.59. The average Bonchev–Trinajstić information content (AvgIpc) is 2.56. The van der Waals surface area contributed by atoms with Gasteiger partial charge in [0.05, 0.1) is 5.54 Å². The molecule has 5 nitrogen and oxygen atoms in total. The molecule has 120 valence electrons. The second-order valence-corrected chi connectivity index (χ2v) is 5.80. The lowest BCUT2D eigenvalue weighted by atomic mass is 9.87. The Hall–Kier alpha value is -2.53. The maximum atomic E-state index is 11.7. The fourth-order valence-corrected chi connectivity index (χ4v) is 3.03. The number of para-hydroxylation sites is 2. The highest BCUT2D eigenvalue weighted by atomic mass is 16.5. The van der Waals surface area contributed by atoms with Crippen LogP contribution in [0.5, 0.6) is 11.5 Å². The molecule has 1 amide bonds. The van der Waals surface area contributed by atoms with Gasteiger partial charge in [-0.1, -0.05) is 36.4 Å². The van der Waals surface area contributed by atoms with Crippen LogP contribution in [0.2, 0.25) is 0 Å². The summed E-state index contributed by atoms with van der Waals surface area (Å²) in [7, 11) is 0. The highest BCUT2D eigenvalue weighted by Gasteiger charge is 2.41. The maximum absolute atomic E-state index is 11.7. The number of ether oxygens (including phenoxy) is 1. The van der Waals surface area contributed by atoms with E-state index in [0.29, 0.717) is 25.4 Å². The summed E-state index contributed by atoms with van der Waals surface area (Å²) in [5, 5.41) is 12.9. The van der Waals surface area contributed by atoms with Crippen molar-refractivity contribution in [2.45, 2.75) is 12.5 Å². The van der Waals surface area contributed by atoms with Gasteiger partial charge in [0.2, 0.25) is 0 Å². The zero-order chi connectivity index (χ0) is 16.3. The zero-order valence-electron chi connectivity index (χ0n) is 13.0. The first kappa shape index (κ1) is 15.4. The molecular formula is C18H20N2O3. The second kappa shape index (κ2) is 6.30. The van der Waals surface area contributed by atoms with Crippen molar-refractivity contribution in [2.24, 2.45) is 0 Å². The largest absolute Gasteiger partial charge is 0.465 e. The van der Waals surface area contributed by atoms with E-state index in [0.717, 1.165) is 11.3 Å². The van der Waals surface area contributed by atoms with E-state index < -0.39 is 11.6 Å². The van der Waals surface area contributed by atoms with Crippen molar-refractivity contribution in [2.75, 3.05) is 19.6 Å². The molecule has 0 saturated carbocycles. The minimum atomic E-state index is -0.913. The second-order valence-electron chi connectivity index (χ2n) is 5.80. The van der Waals surface area contributed by atoms with E-state index in [1.165, 1.54) is 4.90 Å². The third-order valence-electron chi connectivity index (χ3n) is 4.25. The Kier molecular flexibility index (Phi) is 4.21. The molecule has 1 saturated heterocycles. The highest BCUT2D eigenvalue weighted by molar-refractivity contribution is 5.67. The summed E-state index contributed by atoms with van der Waals surface area (Å²) in [4.78, 5) is 13.2. The van der Waals surface area contributed by atoms with Gasteiger partial charge >= 0.3 is 6.09 Å². The summed E-state index contributed by atoms with van der Waals surface area (Å²) >= 11 is 0. The van der Waals surface area contributed by atoms with Crippen LogP contribution in [0.15, 0.2) is 54.6 Å². The third kappa shape index (κ3) is 3.00. The number of amides is 1. The lowest BCUT2D eigenvalue weighted by Gasteiger charge is -2.44. The molecule has 1 aliphatic rings. The molecule has 2 N–H and O–H groups in total. The monoisotopic (exact) mass is 312 g/mol. The molecule has 3 rings (SSSR count). The van der Waals surface area contributed by atoms with Crippen molar-refractivity contribution in [3.63, 3.8) is 0 Å². The molecule has 23 heavy (non-hydrogen) atoms. The first-order chi connectivity index (χ1) is 11.1. The van der Waals surface area contributed by atoms with Crippen molar-refractivity contribution in [1.82, 2.24) is 10.2 Å². The van der Waals surface area contributed by atoms with E-state index in [9.17, 15) is 9.90 Å². The topological polar surface area (TPSA) is 61.8 Å². The molecule has 0 bridgehead atoms. The van der Waals surface area contributed by atoms with Crippen LogP contribution in [0.25, 0.3) is 0 Å². The fraction of sp³-hybridized carbons (Fsp3) is 0.278. The van der Waals surface area contributed by atoms with Gasteiger partial charge in [-0.3, -0.25) is 4.90 Å². The number of carbonyl (C=O) groups is 1. The van der Waals surface area contributed by atoms with Crippen molar-refractivity contribution in [1.29, 1.82) is 0 Å². The van der Waals surface area contributed by atoms with Gasteiger partial charge in [0.25, 0.3) is 0 Å². The van der Waals surface area contributed by atoms with Crippen LogP contribution in [0.1, 0.15) is 12.5 Å². The van der Waals surface area contributed by atoms with Gasteiger partial charge in [-0.25, -0.2) is 4.79 Å². The van der Waals surface area contributed by atoms with E-state index in [4.69, 9.17) is 4.74 Å². The lowest BCUT2D eigenvalue weighted by molar-refractivity contribution is 0.0641. The van der Waals surface area contributed by atoms with E-state index in [1.807, 2.05) is 61.5 Å². The first-order valence-electron chi connectivity index (χ1n) is 7.65. The predicted octanol–water partition coefficient (Wildman–Crippen LogP) is 3.28. The summed E-state index contributed by atoms with van der Waals surface area (Å²) in [6.07, 6.45) is -0.913. The molecule has 0 radical (unpaired) electrons. The van der Waals surface area contributed by atoms with E-state index in [2.05, 4.69) is 5.32 Å². The molecule has 1 heterocycles. The standard InChI is InChI=1S/C18H20N2O3/c1-18(13-19-11-12-20(18)17(21)22)15-9-5-6-10-16(15)23-14-7-3-2-4-8-14/h2-10,19H,11-13H2,1H3,(H,21,22). The van der Waals surface area contributed by atoms with Crippen molar-refractivity contribution in [3.05, 3.63) is 60.2 Å². The van der Waals surface area contributed by atoms with Gasteiger partial charge in [-0.2, -0.15) is 0 Å². The van der Waals surface area contributed by atoms with Gasteiger partial charge in [0.1, 0.15) is 11.5 Å². The number of piperazine rings is 1. The molecule has 1 unspecified atom stereocenters. The van der Waals surface area contributed by atoms with E-state index in [1.54, 1.807) is 0 Å². The highest BCUT2D eigenvalue weighted by Crippen LogP contribution is 2.37. The van der Waals surface area contributed by atoms with Crippen LogP contribution < -0.4 is 10.1 Å². The number of nitrogens with zero attached hydrogens (tertiary/aromatic N) is 1. The van der Waals surface area contributed by atoms with Crippen molar-refractivity contribution in [3.8, 4) is 11.5 Å². The molecule has 2 aromatic rings. The number of hydrogen-bond donors (Lipinski definition) is 2. The normalized spacial score (nSPS) is 21.0. The minimum absolute atomic E-state index is 0.450.